The second-order valence-electron chi connectivity index (χ2n) is 5.20. The first-order valence-corrected chi connectivity index (χ1v) is 7.03. The van der Waals surface area contributed by atoms with E-state index in [-0.39, 0.29) is 0 Å². The molecule has 0 aromatic rings. The third-order valence-electron chi connectivity index (χ3n) is 4.19. The van der Waals surface area contributed by atoms with Gasteiger partial charge >= 0.3 is 0 Å². The molecule has 0 heterocycles. The Kier molecular flexibility index (Phi) is 4.00. The molecule has 0 bridgehead atoms. The highest BCUT2D eigenvalue weighted by Crippen LogP contribution is 2.55. The molecule has 2 aliphatic rings. The van der Waals surface area contributed by atoms with E-state index in [0.717, 1.165) is 12.1 Å². The van der Waals surface area contributed by atoms with Crippen molar-refractivity contribution in [3.05, 3.63) is 47.7 Å². The van der Waals surface area contributed by atoms with Crippen molar-refractivity contribution >= 4 is 5.71 Å². The average Bonchev–Trinajstić information content (AvgIpc) is 3.20. The van der Waals surface area contributed by atoms with Crippen LogP contribution in [-0.2, 0) is 0 Å². The highest BCUT2D eigenvalue weighted by molar-refractivity contribution is 6.12. The first-order chi connectivity index (χ1) is 8.73. The third kappa shape index (κ3) is 2.55. The molecule has 0 aliphatic heterocycles. The van der Waals surface area contributed by atoms with Crippen molar-refractivity contribution in [2.45, 2.75) is 46.5 Å². The van der Waals surface area contributed by atoms with Crippen LogP contribution >= 0.6 is 0 Å². The van der Waals surface area contributed by atoms with Crippen LogP contribution in [0.4, 0.5) is 0 Å². The van der Waals surface area contributed by atoms with Crippen LogP contribution in [0.25, 0.3) is 0 Å². The summed E-state index contributed by atoms with van der Waals surface area (Å²) in [6.07, 6.45) is 17.5. The quantitative estimate of drug-likeness (QED) is 0.658. The normalized spacial score (nSPS) is 26.1. The molecule has 0 aromatic heterocycles. The zero-order valence-electron chi connectivity index (χ0n) is 11.7. The van der Waals surface area contributed by atoms with E-state index in [1.165, 1.54) is 30.4 Å². The highest BCUT2D eigenvalue weighted by Gasteiger charge is 2.43. The van der Waals surface area contributed by atoms with Gasteiger partial charge in [-0.05, 0) is 49.7 Å². The molecule has 0 amide bonds. The van der Waals surface area contributed by atoms with Crippen LogP contribution in [0.3, 0.4) is 0 Å². The molecule has 1 fully saturated rings. The maximum absolute atomic E-state index is 4.59. The average molecular weight is 241 g/mol. The van der Waals surface area contributed by atoms with E-state index >= 15 is 0 Å². The fraction of sp³-hybridized carbons (Fsp3) is 0.471. The standard InChI is InChI=1S/C17H23N/c1-4-6-13-18-16-10-8-7-9-15(16)14(3)17(5-2)11-12-17/h6-10,13H,4-5,11-12H2,1-3H3/b13-6+,15-14+,18-16-. The molecule has 2 rings (SSSR count). The number of hydrogen-bond donors (Lipinski definition) is 0. The van der Waals surface area contributed by atoms with Crippen molar-refractivity contribution in [1.82, 2.24) is 0 Å². The van der Waals surface area contributed by atoms with E-state index in [1.54, 1.807) is 0 Å². The summed E-state index contributed by atoms with van der Waals surface area (Å²) in [5.74, 6) is 0. The van der Waals surface area contributed by atoms with Gasteiger partial charge in [-0.25, -0.2) is 0 Å². The number of hydrogen-bond acceptors (Lipinski definition) is 1. The van der Waals surface area contributed by atoms with Crippen LogP contribution in [0.2, 0.25) is 0 Å². The number of allylic oxidation sites excluding steroid dienone is 7. The molecule has 0 N–H and O–H groups in total. The van der Waals surface area contributed by atoms with E-state index in [0.29, 0.717) is 5.41 Å². The lowest BCUT2D eigenvalue weighted by atomic mass is 9.87. The van der Waals surface area contributed by atoms with Crippen LogP contribution in [0, 0.1) is 5.41 Å². The summed E-state index contributed by atoms with van der Waals surface area (Å²) < 4.78 is 0. The van der Waals surface area contributed by atoms with E-state index < -0.39 is 0 Å². The molecule has 1 saturated carbocycles. The molecule has 1 heteroatoms. The van der Waals surface area contributed by atoms with Gasteiger partial charge in [0.1, 0.15) is 0 Å². The van der Waals surface area contributed by atoms with E-state index in [4.69, 9.17) is 0 Å². The second kappa shape index (κ2) is 5.51. The van der Waals surface area contributed by atoms with Gasteiger partial charge in [0.15, 0.2) is 0 Å². The Morgan fingerprint density at radius 2 is 2.00 bits per heavy atom. The Bertz CT molecular complexity index is 454. The van der Waals surface area contributed by atoms with Crippen molar-refractivity contribution in [3.63, 3.8) is 0 Å². The number of rotatable bonds is 4. The minimum absolute atomic E-state index is 0.472. The van der Waals surface area contributed by atoms with Crippen LogP contribution < -0.4 is 0 Å². The zero-order valence-corrected chi connectivity index (χ0v) is 11.7. The van der Waals surface area contributed by atoms with Gasteiger partial charge in [-0.1, -0.05) is 43.7 Å². The maximum atomic E-state index is 4.59. The van der Waals surface area contributed by atoms with Crippen molar-refractivity contribution < 1.29 is 0 Å². The number of nitrogens with zero attached hydrogens (tertiary/aromatic N) is 1. The lowest BCUT2D eigenvalue weighted by Gasteiger charge is -2.18. The fourth-order valence-corrected chi connectivity index (χ4v) is 2.57. The highest BCUT2D eigenvalue weighted by atomic mass is 14.7. The van der Waals surface area contributed by atoms with Crippen molar-refractivity contribution in [2.75, 3.05) is 0 Å². The summed E-state index contributed by atoms with van der Waals surface area (Å²) in [7, 11) is 0. The topological polar surface area (TPSA) is 12.4 Å². The molecule has 18 heavy (non-hydrogen) atoms. The molecule has 0 aromatic carbocycles. The minimum Gasteiger partial charge on any atom is -0.257 e. The van der Waals surface area contributed by atoms with Crippen molar-refractivity contribution in [3.8, 4) is 0 Å². The summed E-state index contributed by atoms with van der Waals surface area (Å²) >= 11 is 0. The predicted molar refractivity (Wildman–Crippen MR) is 79.8 cm³/mol. The first kappa shape index (κ1) is 13.1. The summed E-state index contributed by atoms with van der Waals surface area (Å²) in [5, 5.41) is 0. The van der Waals surface area contributed by atoms with Gasteiger partial charge in [0.2, 0.25) is 0 Å². The Labute approximate surface area is 111 Å². The Morgan fingerprint density at radius 3 is 2.61 bits per heavy atom. The van der Waals surface area contributed by atoms with Crippen LogP contribution in [0.15, 0.2) is 52.7 Å². The van der Waals surface area contributed by atoms with Gasteiger partial charge in [0.25, 0.3) is 0 Å². The van der Waals surface area contributed by atoms with Gasteiger partial charge in [-0.15, -0.1) is 0 Å². The Hall–Kier alpha value is -1.37. The monoisotopic (exact) mass is 241 g/mol. The van der Waals surface area contributed by atoms with Gasteiger partial charge in [0, 0.05) is 6.20 Å². The molecule has 0 spiro atoms. The Balaban J connectivity index is 2.32. The van der Waals surface area contributed by atoms with E-state index in [1.807, 2.05) is 6.20 Å². The fourth-order valence-electron chi connectivity index (χ4n) is 2.57. The molecular formula is C17H23N. The van der Waals surface area contributed by atoms with Crippen LogP contribution in [-0.4, -0.2) is 5.71 Å². The van der Waals surface area contributed by atoms with Gasteiger partial charge in [-0.2, -0.15) is 0 Å². The lowest BCUT2D eigenvalue weighted by Crippen LogP contribution is -2.09. The SMILES string of the molecule is CC/C=C/N=C1/C=CC=C/C1=C(/C)C1(CC)CC1. The van der Waals surface area contributed by atoms with Crippen LogP contribution in [0.1, 0.15) is 46.5 Å². The number of aliphatic imine (C=N–C) groups is 1. The first-order valence-electron chi connectivity index (χ1n) is 7.03. The third-order valence-corrected chi connectivity index (χ3v) is 4.19. The Morgan fingerprint density at radius 1 is 1.28 bits per heavy atom. The minimum atomic E-state index is 0.472. The van der Waals surface area contributed by atoms with Gasteiger partial charge in [0.05, 0.1) is 5.71 Å². The molecular weight excluding hydrogens is 218 g/mol. The summed E-state index contributed by atoms with van der Waals surface area (Å²) in [5.41, 5.74) is 4.44. The zero-order chi connectivity index (χ0) is 13.0. The molecule has 1 nitrogen and oxygen atoms in total. The van der Waals surface area contributed by atoms with Gasteiger partial charge < -0.3 is 0 Å². The van der Waals surface area contributed by atoms with Gasteiger partial charge in [-0.3, -0.25) is 4.99 Å². The summed E-state index contributed by atoms with van der Waals surface area (Å²) in [6.45, 7) is 6.72. The summed E-state index contributed by atoms with van der Waals surface area (Å²) in [6, 6.07) is 0. The molecule has 0 saturated heterocycles. The maximum Gasteiger partial charge on any atom is 0.0701 e. The van der Waals surface area contributed by atoms with E-state index in [9.17, 15) is 0 Å². The predicted octanol–water partition coefficient (Wildman–Crippen LogP) is 4.98. The smallest absolute Gasteiger partial charge is 0.0701 e. The largest absolute Gasteiger partial charge is 0.257 e. The summed E-state index contributed by atoms with van der Waals surface area (Å²) in [4.78, 5) is 4.59. The van der Waals surface area contributed by atoms with E-state index in [2.05, 4.69) is 56.1 Å². The van der Waals surface area contributed by atoms with Crippen molar-refractivity contribution in [2.24, 2.45) is 10.4 Å². The molecule has 2 aliphatic carbocycles. The molecule has 0 unspecified atom stereocenters. The molecule has 0 atom stereocenters. The molecule has 0 radical (unpaired) electrons. The van der Waals surface area contributed by atoms with Crippen LogP contribution in [0.5, 0.6) is 0 Å². The van der Waals surface area contributed by atoms with Crippen molar-refractivity contribution in [1.29, 1.82) is 0 Å². The lowest BCUT2D eigenvalue weighted by molar-refractivity contribution is 0.581. The second-order valence-corrected chi connectivity index (χ2v) is 5.20. The molecule has 96 valence electrons.